The molecular weight excluding hydrogens is 201 g/mol. The molecule has 1 heterocycles. The first kappa shape index (κ1) is 14.5. The van der Waals surface area contributed by atoms with Crippen LogP contribution in [-0.2, 0) is 4.79 Å². The molecule has 1 aliphatic heterocycles. The minimum atomic E-state index is 0. The van der Waals surface area contributed by atoms with Gasteiger partial charge in [-0.2, -0.15) is 0 Å². The number of amides is 1. The van der Waals surface area contributed by atoms with Crippen molar-refractivity contribution in [1.29, 1.82) is 0 Å². The fraction of sp³-hybridized carbons (Fsp3) is 0.833. The fourth-order valence-electron chi connectivity index (χ4n) is 0.999. The average molecular weight is 216 g/mol. The average Bonchev–Trinajstić information content (AvgIpc) is 1.88. The van der Waals surface area contributed by atoms with Crippen LogP contribution in [0.25, 0.3) is 0 Å². The van der Waals surface area contributed by atoms with Crippen LogP contribution in [0, 0.1) is 0 Å². The van der Waals surface area contributed by atoms with Crippen LogP contribution in [0.3, 0.4) is 0 Å². The molecule has 0 bridgehead atoms. The Balaban J connectivity index is 0. The predicted molar refractivity (Wildman–Crippen MR) is 52.8 cm³/mol. The Morgan fingerprint density at radius 2 is 1.83 bits per heavy atom. The molecule has 0 saturated carbocycles. The summed E-state index contributed by atoms with van der Waals surface area (Å²) in [5.41, 5.74) is 2.74. The zero-order valence-electron chi connectivity index (χ0n) is 7.00. The molecule has 0 aromatic carbocycles. The first-order chi connectivity index (χ1) is 4.79. The quantitative estimate of drug-likeness (QED) is 0.637. The van der Waals surface area contributed by atoms with Gasteiger partial charge in [0, 0.05) is 33.1 Å². The second-order valence-corrected chi connectivity index (χ2v) is 2.41. The third-order valence-electron chi connectivity index (χ3n) is 1.43. The number of piperazine rings is 1. The number of carbonyl (C=O) groups excluding carboxylic acids is 1. The highest BCUT2D eigenvalue weighted by atomic mass is 35.5. The van der Waals surface area contributed by atoms with Gasteiger partial charge >= 0.3 is 0 Å². The van der Waals surface area contributed by atoms with E-state index in [1.807, 2.05) is 5.01 Å². The summed E-state index contributed by atoms with van der Waals surface area (Å²) >= 11 is 0. The monoisotopic (exact) mass is 215 g/mol. The first-order valence-electron chi connectivity index (χ1n) is 3.52. The summed E-state index contributed by atoms with van der Waals surface area (Å²) < 4.78 is 0. The van der Waals surface area contributed by atoms with Gasteiger partial charge in [0.25, 0.3) is 0 Å². The van der Waals surface area contributed by atoms with Gasteiger partial charge in [-0.1, -0.05) is 0 Å². The number of hydrogen-bond acceptors (Lipinski definition) is 3. The van der Waals surface area contributed by atoms with Gasteiger partial charge in [0.15, 0.2) is 0 Å². The van der Waals surface area contributed by atoms with Crippen LogP contribution in [0.5, 0.6) is 0 Å². The van der Waals surface area contributed by atoms with E-state index >= 15 is 0 Å². The molecule has 1 aliphatic rings. The van der Waals surface area contributed by atoms with Crippen molar-refractivity contribution in [3.63, 3.8) is 0 Å². The third kappa shape index (κ3) is 5.60. The normalized spacial score (nSPS) is 17.1. The van der Waals surface area contributed by atoms with Crippen molar-refractivity contribution < 1.29 is 4.79 Å². The van der Waals surface area contributed by atoms with E-state index in [2.05, 4.69) is 10.7 Å². The topological polar surface area (TPSA) is 44.4 Å². The number of carbonyl (C=O) groups is 1. The Labute approximate surface area is 84.9 Å². The molecule has 12 heavy (non-hydrogen) atoms. The van der Waals surface area contributed by atoms with Crippen molar-refractivity contribution >= 4 is 30.7 Å². The van der Waals surface area contributed by atoms with Crippen LogP contribution >= 0.6 is 24.8 Å². The van der Waals surface area contributed by atoms with Crippen LogP contribution in [0.1, 0.15) is 6.92 Å². The van der Waals surface area contributed by atoms with Gasteiger partial charge in [-0.3, -0.25) is 10.2 Å². The van der Waals surface area contributed by atoms with E-state index in [0.717, 1.165) is 26.2 Å². The van der Waals surface area contributed by atoms with Gasteiger partial charge in [0.1, 0.15) is 0 Å². The molecule has 74 valence electrons. The number of rotatable bonds is 1. The smallest absolute Gasteiger partial charge is 0.231 e. The molecule has 0 aromatic heterocycles. The Kier molecular flexibility index (Phi) is 9.19. The first-order valence-corrected chi connectivity index (χ1v) is 3.52. The summed E-state index contributed by atoms with van der Waals surface area (Å²) in [4.78, 5) is 10.5. The van der Waals surface area contributed by atoms with E-state index in [1.165, 1.54) is 6.92 Å². The van der Waals surface area contributed by atoms with Gasteiger partial charge in [0.2, 0.25) is 5.91 Å². The molecule has 1 saturated heterocycles. The summed E-state index contributed by atoms with van der Waals surface area (Å²) in [5.74, 6) is 0.0156. The van der Waals surface area contributed by atoms with Crippen LogP contribution in [0.15, 0.2) is 0 Å². The molecular formula is C6H15Cl2N3O. The van der Waals surface area contributed by atoms with Crippen molar-refractivity contribution in [3.05, 3.63) is 0 Å². The summed E-state index contributed by atoms with van der Waals surface area (Å²) in [6, 6.07) is 0. The molecule has 0 radical (unpaired) electrons. The van der Waals surface area contributed by atoms with Crippen molar-refractivity contribution in [2.45, 2.75) is 6.92 Å². The lowest BCUT2D eigenvalue weighted by Crippen LogP contribution is -2.51. The third-order valence-corrected chi connectivity index (χ3v) is 1.43. The fourth-order valence-corrected chi connectivity index (χ4v) is 0.999. The van der Waals surface area contributed by atoms with Crippen molar-refractivity contribution in [1.82, 2.24) is 15.8 Å². The summed E-state index contributed by atoms with van der Waals surface area (Å²) in [7, 11) is 0. The minimum Gasteiger partial charge on any atom is -0.314 e. The molecule has 0 spiro atoms. The maximum atomic E-state index is 10.5. The number of nitrogens with zero attached hydrogens (tertiary/aromatic N) is 1. The van der Waals surface area contributed by atoms with E-state index in [-0.39, 0.29) is 30.7 Å². The van der Waals surface area contributed by atoms with Crippen molar-refractivity contribution in [2.75, 3.05) is 26.2 Å². The number of halogens is 2. The largest absolute Gasteiger partial charge is 0.314 e. The van der Waals surface area contributed by atoms with Gasteiger partial charge in [-0.05, 0) is 0 Å². The summed E-state index contributed by atoms with van der Waals surface area (Å²) in [6.07, 6.45) is 0. The number of hydrazine groups is 1. The van der Waals surface area contributed by atoms with Crippen LogP contribution in [-0.4, -0.2) is 37.1 Å². The van der Waals surface area contributed by atoms with Crippen molar-refractivity contribution in [3.8, 4) is 0 Å². The van der Waals surface area contributed by atoms with Gasteiger partial charge < -0.3 is 5.32 Å². The maximum absolute atomic E-state index is 10.5. The number of nitrogens with one attached hydrogen (secondary N) is 2. The SMILES string of the molecule is CC(=O)NN1CCNCC1.Cl.Cl. The zero-order valence-corrected chi connectivity index (χ0v) is 8.63. The number of hydrogen-bond donors (Lipinski definition) is 2. The Morgan fingerprint density at radius 1 is 1.33 bits per heavy atom. The summed E-state index contributed by atoms with van der Waals surface area (Å²) in [5, 5.41) is 5.12. The summed E-state index contributed by atoms with van der Waals surface area (Å²) in [6.45, 7) is 5.25. The highest BCUT2D eigenvalue weighted by molar-refractivity contribution is 5.85. The Bertz CT molecular complexity index is 128. The highest BCUT2D eigenvalue weighted by Crippen LogP contribution is 1.85. The molecule has 1 fully saturated rings. The van der Waals surface area contributed by atoms with Crippen LogP contribution in [0.4, 0.5) is 0 Å². The molecule has 1 rings (SSSR count). The second kappa shape index (κ2) is 7.61. The van der Waals surface area contributed by atoms with Gasteiger partial charge in [-0.15, -0.1) is 24.8 Å². The molecule has 6 heteroatoms. The van der Waals surface area contributed by atoms with E-state index in [4.69, 9.17) is 0 Å². The highest BCUT2D eigenvalue weighted by Gasteiger charge is 2.08. The second-order valence-electron chi connectivity index (χ2n) is 2.41. The lowest BCUT2D eigenvalue weighted by atomic mass is 10.4. The van der Waals surface area contributed by atoms with Crippen LogP contribution in [0.2, 0.25) is 0 Å². The van der Waals surface area contributed by atoms with Gasteiger partial charge in [0.05, 0.1) is 0 Å². The van der Waals surface area contributed by atoms with E-state index in [0.29, 0.717) is 0 Å². The van der Waals surface area contributed by atoms with E-state index < -0.39 is 0 Å². The minimum absolute atomic E-state index is 0. The van der Waals surface area contributed by atoms with E-state index in [1.54, 1.807) is 0 Å². The lowest BCUT2D eigenvalue weighted by molar-refractivity contribution is -0.123. The zero-order chi connectivity index (χ0) is 7.40. The van der Waals surface area contributed by atoms with Gasteiger partial charge in [-0.25, -0.2) is 5.01 Å². The molecule has 4 nitrogen and oxygen atoms in total. The lowest BCUT2D eigenvalue weighted by Gasteiger charge is -2.26. The Morgan fingerprint density at radius 3 is 2.25 bits per heavy atom. The standard InChI is InChI=1S/C6H13N3O.2ClH/c1-6(10)8-9-4-2-7-3-5-9;;/h7H,2-5H2,1H3,(H,8,10);2*1H. The van der Waals surface area contributed by atoms with Crippen LogP contribution < -0.4 is 10.7 Å². The molecule has 0 aromatic rings. The molecule has 1 amide bonds. The Hall–Kier alpha value is -0.0300. The molecule has 0 unspecified atom stereocenters. The van der Waals surface area contributed by atoms with E-state index in [9.17, 15) is 4.79 Å². The predicted octanol–water partition coefficient (Wildman–Crippen LogP) is -0.214. The molecule has 0 aliphatic carbocycles. The van der Waals surface area contributed by atoms with Crippen molar-refractivity contribution in [2.24, 2.45) is 0 Å². The molecule has 2 N–H and O–H groups in total. The molecule has 0 atom stereocenters. The maximum Gasteiger partial charge on any atom is 0.231 e.